The lowest BCUT2D eigenvalue weighted by molar-refractivity contribution is -0.141. The number of carboxylic acids is 1. The SMILES string of the molecule is CCC(C(=O)O)n1cc(CN(Cc2ccc(Cl)cc2Cl)C(=O)c2cc(F)cc(F)c2)cn1. The van der Waals surface area contributed by atoms with E-state index in [0.29, 0.717) is 33.7 Å². The smallest absolute Gasteiger partial charge is 0.328 e. The molecule has 1 unspecified atom stereocenters. The Labute approximate surface area is 193 Å². The molecular formula is C22H19Cl2F2N3O3. The first-order valence-electron chi connectivity index (χ1n) is 9.63. The van der Waals surface area contributed by atoms with Crippen molar-refractivity contribution in [1.29, 1.82) is 0 Å². The van der Waals surface area contributed by atoms with Crippen molar-refractivity contribution in [2.45, 2.75) is 32.5 Å². The molecule has 1 atom stereocenters. The van der Waals surface area contributed by atoms with E-state index in [2.05, 4.69) is 5.10 Å². The second-order valence-electron chi connectivity index (χ2n) is 7.15. The van der Waals surface area contributed by atoms with Gasteiger partial charge in [0.1, 0.15) is 17.7 Å². The highest BCUT2D eigenvalue weighted by Gasteiger charge is 2.22. The van der Waals surface area contributed by atoms with E-state index in [-0.39, 0.29) is 18.7 Å². The van der Waals surface area contributed by atoms with Crippen LogP contribution in [0.2, 0.25) is 10.0 Å². The fourth-order valence-corrected chi connectivity index (χ4v) is 3.71. The number of benzene rings is 2. The van der Waals surface area contributed by atoms with Crippen molar-refractivity contribution in [1.82, 2.24) is 14.7 Å². The third kappa shape index (κ3) is 5.63. The second-order valence-corrected chi connectivity index (χ2v) is 7.99. The molecule has 3 rings (SSSR count). The molecule has 0 aliphatic carbocycles. The summed E-state index contributed by atoms with van der Waals surface area (Å²) >= 11 is 12.2. The van der Waals surface area contributed by atoms with E-state index in [0.717, 1.165) is 12.1 Å². The molecule has 0 aliphatic rings. The number of nitrogens with zero attached hydrogens (tertiary/aromatic N) is 3. The Morgan fingerprint density at radius 1 is 1.12 bits per heavy atom. The standard InChI is InChI=1S/C22H19Cl2F2N3O3/c1-2-20(22(31)32)29-11-13(9-27-29)10-28(12-14-3-4-16(23)7-19(14)24)21(30)15-5-17(25)8-18(26)6-15/h3-9,11,20H,2,10,12H2,1H3,(H,31,32). The summed E-state index contributed by atoms with van der Waals surface area (Å²) in [5.41, 5.74) is 0.947. The van der Waals surface area contributed by atoms with E-state index in [1.54, 1.807) is 19.1 Å². The first-order valence-corrected chi connectivity index (χ1v) is 10.4. The summed E-state index contributed by atoms with van der Waals surface area (Å²) < 4.78 is 28.7. The van der Waals surface area contributed by atoms with Crippen molar-refractivity contribution in [2.75, 3.05) is 0 Å². The van der Waals surface area contributed by atoms with Gasteiger partial charge in [-0.15, -0.1) is 0 Å². The minimum Gasteiger partial charge on any atom is -0.480 e. The van der Waals surface area contributed by atoms with Crippen molar-refractivity contribution in [3.05, 3.63) is 87.2 Å². The van der Waals surface area contributed by atoms with Gasteiger partial charge in [-0.05, 0) is 36.2 Å². The molecular weight excluding hydrogens is 463 g/mol. The van der Waals surface area contributed by atoms with Crippen molar-refractivity contribution < 1.29 is 23.5 Å². The van der Waals surface area contributed by atoms with E-state index in [4.69, 9.17) is 23.2 Å². The highest BCUT2D eigenvalue weighted by Crippen LogP contribution is 2.24. The zero-order chi connectivity index (χ0) is 23.4. The maximum Gasteiger partial charge on any atom is 0.328 e. The van der Waals surface area contributed by atoms with Gasteiger partial charge in [-0.25, -0.2) is 13.6 Å². The molecule has 1 aromatic heterocycles. The number of aromatic nitrogens is 2. The first kappa shape index (κ1) is 23.7. The molecule has 0 saturated carbocycles. The highest BCUT2D eigenvalue weighted by molar-refractivity contribution is 6.35. The van der Waals surface area contributed by atoms with E-state index >= 15 is 0 Å². The van der Waals surface area contributed by atoms with Gasteiger partial charge in [-0.3, -0.25) is 9.48 Å². The summed E-state index contributed by atoms with van der Waals surface area (Å²) in [6.07, 6.45) is 3.29. The molecule has 0 bridgehead atoms. The highest BCUT2D eigenvalue weighted by atomic mass is 35.5. The van der Waals surface area contributed by atoms with Crippen LogP contribution in [0.3, 0.4) is 0 Å². The monoisotopic (exact) mass is 481 g/mol. The van der Waals surface area contributed by atoms with Gasteiger partial charge in [0, 0.05) is 46.5 Å². The quantitative estimate of drug-likeness (QED) is 0.470. The number of halogens is 4. The first-order chi connectivity index (χ1) is 15.2. The molecule has 1 heterocycles. The van der Waals surface area contributed by atoms with E-state index < -0.39 is 29.6 Å². The lowest BCUT2D eigenvalue weighted by Gasteiger charge is -2.23. The van der Waals surface area contributed by atoms with Crippen LogP contribution in [0.5, 0.6) is 0 Å². The van der Waals surface area contributed by atoms with Crippen molar-refractivity contribution in [2.24, 2.45) is 0 Å². The van der Waals surface area contributed by atoms with Crippen LogP contribution in [-0.2, 0) is 17.9 Å². The molecule has 1 N–H and O–H groups in total. The van der Waals surface area contributed by atoms with Crippen LogP contribution in [0, 0.1) is 11.6 Å². The summed E-state index contributed by atoms with van der Waals surface area (Å²) in [5.74, 6) is -3.42. The normalized spacial score (nSPS) is 11.9. The number of hydrogen-bond acceptors (Lipinski definition) is 3. The van der Waals surface area contributed by atoms with Gasteiger partial charge in [0.2, 0.25) is 0 Å². The number of carboxylic acid groups (broad SMARTS) is 1. The van der Waals surface area contributed by atoms with E-state index in [1.807, 2.05) is 0 Å². The van der Waals surface area contributed by atoms with Gasteiger partial charge in [-0.1, -0.05) is 36.2 Å². The molecule has 1 amide bonds. The van der Waals surface area contributed by atoms with Gasteiger partial charge >= 0.3 is 5.97 Å². The fraction of sp³-hybridized carbons (Fsp3) is 0.227. The lowest BCUT2D eigenvalue weighted by Crippen LogP contribution is -2.30. The summed E-state index contributed by atoms with van der Waals surface area (Å²) in [6.45, 7) is 1.75. The number of carbonyl (C=O) groups is 2. The van der Waals surface area contributed by atoms with Gasteiger partial charge < -0.3 is 10.0 Å². The van der Waals surface area contributed by atoms with Crippen LogP contribution in [0.15, 0.2) is 48.8 Å². The zero-order valence-corrected chi connectivity index (χ0v) is 18.4. The second kappa shape index (κ2) is 10.1. The van der Waals surface area contributed by atoms with Crippen molar-refractivity contribution in [3.63, 3.8) is 0 Å². The number of hydrogen-bond donors (Lipinski definition) is 1. The minimum absolute atomic E-state index is 0.00593. The maximum atomic E-state index is 13.7. The minimum atomic E-state index is -1.03. The molecule has 2 aromatic carbocycles. The van der Waals surface area contributed by atoms with E-state index in [9.17, 15) is 23.5 Å². The Bertz CT molecular complexity index is 1130. The molecule has 10 heteroatoms. The molecule has 0 spiro atoms. The van der Waals surface area contributed by atoms with Crippen molar-refractivity contribution >= 4 is 35.1 Å². The van der Waals surface area contributed by atoms with Crippen LogP contribution < -0.4 is 0 Å². The Hall–Kier alpha value is -2.97. The molecule has 168 valence electrons. The van der Waals surface area contributed by atoms with Crippen LogP contribution in [0.25, 0.3) is 0 Å². The Morgan fingerprint density at radius 2 is 1.81 bits per heavy atom. The summed E-state index contributed by atoms with van der Waals surface area (Å²) in [4.78, 5) is 25.9. The number of amides is 1. The topological polar surface area (TPSA) is 75.4 Å². The molecule has 0 saturated heterocycles. The number of carbonyl (C=O) groups excluding carboxylic acids is 1. The van der Waals surface area contributed by atoms with Gasteiger partial charge in [0.15, 0.2) is 0 Å². The molecule has 0 fully saturated rings. The molecule has 0 aliphatic heterocycles. The summed E-state index contributed by atoms with van der Waals surface area (Å²) in [5, 5.41) is 14.2. The predicted octanol–water partition coefficient (Wildman–Crippen LogP) is 5.35. The zero-order valence-electron chi connectivity index (χ0n) is 16.9. The third-order valence-corrected chi connectivity index (χ3v) is 5.38. The summed E-state index contributed by atoms with van der Waals surface area (Å²) in [7, 11) is 0. The van der Waals surface area contributed by atoms with Crippen LogP contribution >= 0.6 is 23.2 Å². The van der Waals surface area contributed by atoms with Crippen LogP contribution in [-0.4, -0.2) is 31.7 Å². The Kier molecular flexibility index (Phi) is 7.48. The van der Waals surface area contributed by atoms with Gasteiger partial charge in [0.25, 0.3) is 5.91 Å². The number of rotatable bonds is 8. The largest absolute Gasteiger partial charge is 0.480 e. The van der Waals surface area contributed by atoms with Crippen LogP contribution in [0.4, 0.5) is 8.78 Å². The maximum absolute atomic E-state index is 13.7. The van der Waals surface area contributed by atoms with Gasteiger partial charge in [-0.2, -0.15) is 5.10 Å². The average molecular weight is 482 g/mol. The molecule has 0 radical (unpaired) electrons. The van der Waals surface area contributed by atoms with E-state index in [1.165, 1.54) is 28.0 Å². The Morgan fingerprint density at radius 3 is 2.41 bits per heavy atom. The average Bonchev–Trinajstić information content (AvgIpc) is 3.16. The van der Waals surface area contributed by atoms with Gasteiger partial charge in [0.05, 0.1) is 6.20 Å². The summed E-state index contributed by atoms with van der Waals surface area (Å²) in [6, 6.07) is 6.52. The molecule has 3 aromatic rings. The molecule has 32 heavy (non-hydrogen) atoms. The molecule has 6 nitrogen and oxygen atoms in total. The third-order valence-electron chi connectivity index (χ3n) is 4.79. The number of aliphatic carboxylic acids is 1. The Balaban J connectivity index is 1.94. The van der Waals surface area contributed by atoms with Crippen molar-refractivity contribution in [3.8, 4) is 0 Å². The van der Waals surface area contributed by atoms with Crippen LogP contribution in [0.1, 0.15) is 40.9 Å². The predicted molar refractivity (Wildman–Crippen MR) is 116 cm³/mol. The lowest BCUT2D eigenvalue weighted by atomic mass is 10.1. The fourth-order valence-electron chi connectivity index (χ4n) is 3.24.